The van der Waals surface area contributed by atoms with Crippen molar-refractivity contribution < 1.29 is 13.9 Å². The van der Waals surface area contributed by atoms with Crippen LogP contribution in [0.15, 0.2) is 48.5 Å². The molecule has 1 atom stereocenters. The molecule has 1 aliphatic heterocycles. The summed E-state index contributed by atoms with van der Waals surface area (Å²) in [7, 11) is 0. The fourth-order valence-electron chi connectivity index (χ4n) is 2.55. The molecule has 5 heteroatoms. The molecule has 23 heavy (non-hydrogen) atoms. The molecular formula is C18H19FN2O2. The minimum atomic E-state index is -0.528. The molecule has 2 aromatic carbocycles. The number of benzene rings is 2. The van der Waals surface area contributed by atoms with E-state index in [0.29, 0.717) is 5.69 Å². The maximum Gasteiger partial charge on any atom is 0.258 e. The van der Waals surface area contributed by atoms with Crippen molar-refractivity contribution in [2.45, 2.75) is 18.9 Å². The number of nitrogens with one attached hydrogen (secondary N) is 2. The van der Waals surface area contributed by atoms with Gasteiger partial charge in [-0.3, -0.25) is 4.79 Å². The highest BCUT2D eigenvalue weighted by Crippen LogP contribution is 2.17. The topological polar surface area (TPSA) is 50.4 Å². The van der Waals surface area contributed by atoms with Gasteiger partial charge in [-0.15, -0.1) is 0 Å². The highest BCUT2D eigenvalue weighted by Gasteiger charge is 2.15. The molecule has 0 saturated carbocycles. The Kier molecular flexibility index (Phi) is 4.88. The SMILES string of the molecule is O=C(Nc1ccc(NCC2CCCO2)cc1)c1ccccc1F. The second-order valence-electron chi connectivity index (χ2n) is 5.53. The van der Waals surface area contributed by atoms with E-state index in [1.807, 2.05) is 12.1 Å². The van der Waals surface area contributed by atoms with Crippen molar-refractivity contribution in [3.8, 4) is 0 Å². The molecule has 1 fully saturated rings. The van der Waals surface area contributed by atoms with Gasteiger partial charge < -0.3 is 15.4 Å². The Balaban J connectivity index is 1.56. The monoisotopic (exact) mass is 314 g/mol. The minimum Gasteiger partial charge on any atom is -0.382 e. The Morgan fingerprint density at radius 2 is 1.87 bits per heavy atom. The minimum absolute atomic E-state index is 0.0353. The highest BCUT2D eigenvalue weighted by molar-refractivity contribution is 6.04. The summed E-state index contributed by atoms with van der Waals surface area (Å²) < 4.78 is 19.1. The first-order chi connectivity index (χ1) is 11.2. The molecule has 1 saturated heterocycles. The van der Waals surface area contributed by atoms with Gasteiger partial charge in [0, 0.05) is 24.5 Å². The van der Waals surface area contributed by atoms with Crippen molar-refractivity contribution in [2.24, 2.45) is 0 Å². The fraction of sp³-hybridized carbons (Fsp3) is 0.278. The predicted molar refractivity (Wildman–Crippen MR) is 88.3 cm³/mol. The van der Waals surface area contributed by atoms with Crippen LogP contribution in [0.3, 0.4) is 0 Å². The third-order valence-corrected chi connectivity index (χ3v) is 3.82. The quantitative estimate of drug-likeness (QED) is 0.885. The molecule has 3 rings (SSSR count). The van der Waals surface area contributed by atoms with Crippen LogP contribution in [0.1, 0.15) is 23.2 Å². The largest absolute Gasteiger partial charge is 0.382 e. The van der Waals surface area contributed by atoms with Crippen molar-refractivity contribution in [1.29, 1.82) is 0 Å². The number of halogens is 1. The zero-order valence-corrected chi connectivity index (χ0v) is 12.7. The van der Waals surface area contributed by atoms with E-state index >= 15 is 0 Å². The second-order valence-corrected chi connectivity index (χ2v) is 5.53. The van der Waals surface area contributed by atoms with Crippen molar-refractivity contribution in [2.75, 3.05) is 23.8 Å². The Morgan fingerprint density at radius 1 is 1.13 bits per heavy atom. The molecule has 0 bridgehead atoms. The lowest BCUT2D eigenvalue weighted by Crippen LogP contribution is -2.18. The third-order valence-electron chi connectivity index (χ3n) is 3.82. The summed E-state index contributed by atoms with van der Waals surface area (Å²) in [6.07, 6.45) is 2.48. The zero-order chi connectivity index (χ0) is 16.1. The molecule has 0 aromatic heterocycles. The number of anilines is 2. The maximum atomic E-state index is 13.6. The van der Waals surface area contributed by atoms with Gasteiger partial charge in [-0.05, 0) is 49.2 Å². The Bertz CT molecular complexity index is 667. The highest BCUT2D eigenvalue weighted by atomic mass is 19.1. The average Bonchev–Trinajstić information content (AvgIpc) is 3.08. The summed E-state index contributed by atoms with van der Waals surface area (Å²) in [5.41, 5.74) is 1.62. The summed E-state index contributed by atoms with van der Waals surface area (Å²) in [4.78, 5) is 12.0. The summed E-state index contributed by atoms with van der Waals surface area (Å²) >= 11 is 0. The molecule has 1 heterocycles. The van der Waals surface area contributed by atoms with Gasteiger partial charge in [0.2, 0.25) is 0 Å². The summed E-state index contributed by atoms with van der Waals surface area (Å²) in [5, 5.41) is 6.00. The molecule has 0 aliphatic carbocycles. The maximum absolute atomic E-state index is 13.6. The van der Waals surface area contributed by atoms with Crippen molar-refractivity contribution in [3.05, 3.63) is 59.9 Å². The van der Waals surface area contributed by atoms with E-state index in [1.165, 1.54) is 12.1 Å². The molecule has 4 nitrogen and oxygen atoms in total. The van der Waals surface area contributed by atoms with Crippen molar-refractivity contribution in [3.63, 3.8) is 0 Å². The fourth-order valence-corrected chi connectivity index (χ4v) is 2.55. The number of ether oxygens (including phenoxy) is 1. The van der Waals surface area contributed by atoms with Gasteiger partial charge in [0.05, 0.1) is 11.7 Å². The summed E-state index contributed by atoms with van der Waals surface area (Å²) in [6.45, 7) is 1.62. The lowest BCUT2D eigenvalue weighted by Gasteiger charge is -2.12. The average molecular weight is 314 g/mol. The van der Waals surface area contributed by atoms with Crippen LogP contribution >= 0.6 is 0 Å². The Labute approximate surface area is 134 Å². The number of amides is 1. The number of rotatable bonds is 5. The predicted octanol–water partition coefficient (Wildman–Crippen LogP) is 3.67. The number of hydrogen-bond acceptors (Lipinski definition) is 3. The van der Waals surface area contributed by atoms with E-state index in [0.717, 1.165) is 31.7 Å². The van der Waals surface area contributed by atoms with E-state index < -0.39 is 11.7 Å². The van der Waals surface area contributed by atoms with Gasteiger partial charge >= 0.3 is 0 Å². The van der Waals surface area contributed by atoms with Crippen molar-refractivity contribution >= 4 is 17.3 Å². The zero-order valence-electron chi connectivity index (χ0n) is 12.7. The standard InChI is InChI=1S/C18H19FN2O2/c19-17-6-2-1-5-16(17)18(22)21-14-9-7-13(8-10-14)20-12-15-4-3-11-23-15/h1-2,5-10,15,20H,3-4,11-12H2,(H,21,22). The van der Waals surface area contributed by atoms with Gasteiger partial charge in [-0.1, -0.05) is 12.1 Å². The van der Waals surface area contributed by atoms with E-state index in [4.69, 9.17) is 4.74 Å². The lowest BCUT2D eigenvalue weighted by molar-refractivity contribution is 0.102. The van der Waals surface area contributed by atoms with Crippen LogP contribution in [0, 0.1) is 5.82 Å². The van der Waals surface area contributed by atoms with Crippen molar-refractivity contribution in [1.82, 2.24) is 0 Å². The first kappa shape index (κ1) is 15.5. The molecular weight excluding hydrogens is 295 g/mol. The van der Waals surface area contributed by atoms with E-state index in [-0.39, 0.29) is 11.7 Å². The molecule has 0 radical (unpaired) electrons. The molecule has 1 amide bonds. The molecule has 1 aliphatic rings. The van der Waals surface area contributed by atoms with Crippen LogP contribution in [0.5, 0.6) is 0 Å². The van der Waals surface area contributed by atoms with Crippen LogP contribution in [-0.4, -0.2) is 25.2 Å². The van der Waals surface area contributed by atoms with Gasteiger partial charge in [-0.2, -0.15) is 0 Å². The van der Waals surface area contributed by atoms with Crippen LogP contribution in [0.2, 0.25) is 0 Å². The van der Waals surface area contributed by atoms with Gasteiger partial charge in [-0.25, -0.2) is 4.39 Å². The molecule has 120 valence electrons. The summed E-state index contributed by atoms with van der Waals surface area (Å²) in [5.74, 6) is -0.983. The van der Waals surface area contributed by atoms with Crippen LogP contribution in [-0.2, 0) is 4.74 Å². The van der Waals surface area contributed by atoms with E-state index in [1.54, 1.807) is 24.3 Å². The first-order valence-corrected chi connectivity index (χ1v) is 7.74. The lowest BCUT2D eigenvalue weighted by atomic mass is 10.2. The van der Waals surface area contributed by atoms with Crippen LogP contribution < -0.4 is 10.6 Å². The van der Waals surface area contributed by atoms with E-state index in [2.05, 4.69) is 10.6 Å². The molecule has 0 spiro atoms. The number of carbonyl (C=O) groups excluding carboxylic acids is 1. The number of hydrogen-bond donors (Lipinski definition) is 2. The van der Waals surface area contributed by atoms with Gasteiger partial charge in [0.15, 0.2) is 0 Å². The molecule has 2 aromatic rings. The normalized spacial score (nSPS) is 17.0. The second kappa shape index (κ2) is 7.24. The van der Waals surface area contributed by atoms with E-state index in [9.17, 15) is 9.18 Å². The van der Waals surface area contributed by atoms with Gasteiger partial charge in [0.1, 0.15) is 5.82 Å². The molecule has 1 unspecified atom stereocenters. The Morgan fingerprint density at radius 3 is 2.57 bits per heavy atom. The smallest absolute Gasteiger partial charge is 0.258 e. The third kappa shape index (κ3) is 4.07. The molecule has 2 N–H and O–H groups in total. The summed E-state index contributed by atoms with van der Waals surface area (Å²) in [6, 6.07) is 13.3. The first-order valence-electron chi connectivity index (χ1n) is 7.74. The number of carbonyl (C=O) groups is 1. The Hall–Kier alpha value is -2.40. The van der Waals surface area contributed by atoms with Crippen LogP contribution in [0.25, 0.3) is 0 Å². The van der Waals surface area contributed by atoms with Crippen LogP contribution in [0.4, 0.5) is 15.8 Å². The van der Waals surface area contributed by atoms with Gasteiger partial charge in [0.25, 0.3) is 5.91 Å².